The van der Waals surface area contributed by atoms with Crippen LogP contribution in [0.4, 0.5) is 28.0 Å². The second-order valence-electron chi connectivity index (χ2n) is 10.7. The monoisotopic (exact) mass is 567 g/mol. The molecule has 0 spiro atoms. The van der Waals surface area contributed by atoms with Crippen molar-refractivity contribution in [3.05, 3.63) is 59.4 Å². The Morgan fingerprint density at radius 1 is 1.10 bits per heavy atom. The first-order chi connectivity index (χ1) is 18.5. The Hall–Kier alpha value is -3.83. The number of alkyl halides is 3. The highest BCUT2D eigenvalue weighted by atomic mass is 19.4. The normalized spacial score (nSPS) is 16.6. The number of fused-ring (bicyclic) bond motifs is 1. The summed E-state index contributed by atoms with van der Waals surface area (Å²) in [4.78, 5) is 41.1. The Kier molecular flexibility index (Phi) is 9.32. The number of anilines is 1. The fourth-order valence-corrected chi connectivity index (χ4v) is 4.41. The molecule has 1 heterocycles. The number of para-hydroxylation sites is 1. The number of amides is 3. The van der Waals surface area contributed by atoms with Gasteiger partial charge in [0.2, 0.25) is 11.8 Å². The fraction of sp³-hybridized carbons (Fsp3) is 0.464. The van der Waals surface area contributed by atoms with Gasteiger partial charge in [0.05, 0.1) is 0 Å². The minimum Gasteiger partial charge on any atom is -0.444 e. The van der Waals surface area contributed by atoms with Gasteiger partial charge >= 0.3 is 12.5 Å². The van der Waals surface area contributed by atoms with E-state index < -0.39 is 59.9 Å². The molecule has 2 aromatic carbocycles. The number of halogens is 4. The second-order valence-corrected chi connectivity index (χ2v) is 10.7. The van der Waals surface area contributed by atoms with E-state index in [1.807, 2.05) is 0 Å². The maximum Gasteiger partial charge on any atom is 0.573 e. The number of ether oxygens (including phenoxy) is 2. The predicted octanol–water partition coefficient (Wildman–Crippen LogP) is 5.03. The van der Waals surface area contributed by atoms with Crippen LogP contribution >= 0.6 is 0 Å². The summed E-state index contributed by atoms with van der Waals surface area (Å²) in [5.41, 5.74) is 0.202. The lowest BCUT2D eigenvalue weighted by atomic mass is 10.0. The molecule has 0 radical (unpaired) electrons. The van der Waals surface area contributed by atoms with Crippen LogP contribution in [-0.4, -0.2) is 48.0 Å². The first kappa shape index (κ1) is 30.7. The average Bonchev–Trinajstić information content (AvgIpc) is 2.94. The van der Waals surface area contributed by atoms with Crippen LogP contribution in [0.5, 0.6) is 5.75 Å². The highest BCUT2D eigenvalue weighted by Crippen LogP contribution is 2.30. The summed E-state index contributed by atoms with van der Waals surface area (Å²) >= 11 is 0. The van der Waals surface area contributed by atoms with Gasteiger partial charge in [0.1, 0.15) is 29.3 Å². The van der Waals surface area contributed by atoms with E-state index in [9.17, 15) is 31.9 Å². The van der Waals surface area contributed by atoms with Gasteiger partial charge in [-0.1, -0.05) is 18.2 Å². The number of nitrogens with zero attached hydrogens (tertiary/aromatic N) is 1. The van der Waals surface area contributed by atoms with Crippen LogP contribution in [0, 0.1) is 5.82 Å². The molecule has 1 aliphatic rings. The molecular weight excluding hydrogens is 534 g/mol. The standard InChI is InChI=1S/C28H33F4N3O5/c1-16(2)35-22-13-11-19(29)14-17(22)10-12-20(25(35)37)33-24(36)21(34-26(38)40-27(3,4)5)15-18-8-6-7-9-23(18)39-28(30,31)32/h6-9,11,13-14,16,20-21H,10,12,15H2,1-5H3,(H,33,36)(H,34,38). The van der Waals surface area contributed by atoms with E-state index in [0.717, 1.165) is 6.07 Å². The van der Waals surface area contributed by atoms with Crippen molar-refractivity contribution in [2.75, 3.05) is 4.90 Å². The SMILES string of the molecule is CC(C)N1C(=O)C(NC(=O)C(Cc2ccccc2OC(F)(F)F)NC(=O)OC(C)(C)C)CCc2cc(F)ccc21. The van der Waals surface area contributed by atoms with Gasteiger partial charge in [-0.15, -0.1) is 13.2 Å². The number of rotatable bonds is 7. The minimum atomic E-state index is -4.98. The molecule has 8 nitrogen and oxygen atoms in total. The summed E-state index contributed by atoms with van der Waals surface area (Å²) in [6.45, 7) is 8.39. The zero-order chi connectivity index (χ0) is 29.8. The summed E-state index contributed by atoms with van der Waals surface area (Å²) in [7, 11) is 0. The third-order valence-corrected chi connectivity index (χ3v) is 6.00. The number of hydrogen-bond acceptors (Lipinski definition) is 5. The number of nitrogens with one attached hydrogen (secondary N) is 2. The van der Waals surface area contributed by atoms with Crippen LogP contribution < -0.4 is 20.3 Å². The van der Waals surface area contributed by atoms with Crippen molar-refractivity contribution < 1.29 is 41.4 Å². The van der Waals surface area contributed by atoms with Crippen molar-refractivity contribution >= 4 is 23.6 Å². The van der Waals surface area contributed by atoms with Crippen molar-refractivity contribution in [3.63, 3.8) is 0 Å². The van der Waals surface area contributed by atoms with Gasteiger partial charge in [-0.25, -0.2) is 9.18 Å². The Labute approximate surface area is 230 Å². The number of hydrogen-bond donors (Lipinski definition) is 2. The maximum atomic E-state index is 13.9. The van der Waals surface area contributed by atoms with Gasteiger partial charge in [-0.2, -0.15) is 0 Å². The molecule has 2 N–H and O–H groups in total. The Balaban J connectivity index is 1.89. The van der Waals surface area contributed by atoms with Crippen molar-refractivity contribution in [1.29, 1.82) is 0 Å². The van der Waals surface area contributed by atoms with E-state index in [0.29, 0.717) is 11.3 Å². The van der Waals surface area contributed by atoms with E-state index in [1.54, 1.807) is 34.6 Å². The lowest BCUT2D eigenvalue weighted by Gasteiger charge is -2.30. The van der Waals surface area contributed by atoms with E-state index in [2.05, 4.69) is 15.4 Å². The predicted molar refractivity (Wildman–Crippen MR) is 139 cm³/mol. The molecule has 0 aromatic heterocycles. The molecular formula is C28H33F4N3O5. The van der Waals surface area contributed by atoms with Gasteiger partial charge in [0.15, 0.2) is 0 Å². The van der Waals surface area contributed by atoms with Crippen LogP contribution in [0.25, 0.3) is 0 Å². The van der Waals surface area contributed by atoms with Gasteiger partial charge < -0.3 is 25.0 Å². The van der Waals surface area contributed by atoms with Crippen molar-refractivity contribution in [1.82, 2.24) is 10.6 Å². The van der Waals surface area contributed by atoms with E-state index in [-0.39, 0.29) is 24.4 Å². The van der Waals surface area contributed by atoms with Gasteiger partial charge in [0.25, 0.3) is 0 Å². The highest BCUT2D eigenvalue weighted by Gasteiger charge is 2.36. The summed E-state index contributed by atoms with van der Waals surface area (Å²) in [5, 5.41) is 5.05. The van der Waals surface area contributed by atoms with Crippen molar-refractivity contribution in [3.8, 4) is 5.75 Å². The molecule has 3 amide bonds. The highest BCUT2D eigenvalue weighted by molar-refractivity contribution is 6.01. The molecule has 2 atom stereocenters. The largest absolute Gasteiger partial charge is 0.573 e. The number of carbonyl (C=O) groups is 3. The van der Waals surface area contributed by atoms with Crippen LogP contribution in [0.3, 0.4) is 0 Å². The zero-order valence-corrected chi connectivity index (χ0v) is 22.9. The summed E-state index contributed by atoms with van der Waals surface area (Å²) in [5.74, 6) is -2.25. The molecule has 2 aromatic rings. The molecule has 0 saturated heterocycles. The molecule has 1 aliphatic heterocycles. The Morgan fingerprint density at radius 3 is 2.40 bits per heavy atom. The lowest BCUT2D eigenvalue weighted by Crippen LogP contribution is -2.56. The summed E-state index contributed by atoms with van der Waals surface area (Å²) in [6.07, 6.45) is -5.93. The summed E-state index contributed by atoms with van der Waals surface area (Å²) < 4.78 is 62.2. The molecule has 0 saturated carbocycles. The zero-order valence-electron chi connectivity index (χ0n) is 22.9. The molecule has 40 heavy (non-hydrogen) atoms. The summed E-state index contributed by atoms with van der Waals surface area (Å²) in [6, 6.07) is 6.55. The molecule has 3 rings (SSSR count). The molecule has 218 valence electrons. The first-order valence-corrected chi connectivity index (χ1v) is 12.8. The lowest BCUT2D eigenvalue weighted by molar-refractivity contribution is -0.274. The van der Waals surface area contributed by atoms with Crippen LogP contribution in [0.2, 0.25) is 0 Å². The number of benzene rings is 2. The smallest absolute Gasteiger partial charge is 0.444 e. The average molecular weight is 568 g/mol. The number of carbonyl (C=O) groups excluding carboxylic acids is 3. The number of alkyl carbamates (subject to hydrolysis) is 1. The molecule has 12 heteroatoms. The minimum absolute atomic E-state index is 0.00471. The molecule has 0 bridgehead atoms. The second kappa shape index (κ2) is 12.1. The van der Waals surface area contributed by atoms with Crippen molar-refractivity contribution in [2.24, 2.45) is 0 Å². The van der Waals surface area contributed by atoms with Crippen LogP contribution in [0.15, 0.2) is 42.5 Å². The Bertz CT molecular complexity index is 1240. The third-order valence-electron chi connectivity index (χ3n) is 6.00. The van der Waals surface area contributed by atoms with Crippen LogP contribution in [0.1, 0.15) is 52.2 Å². The van der Waals surface area contributed by atoms with Crippen LogP contribution in [-0.2, 0) is 27.2 Å². The Morgan fingerprint density at radius 2 is 1.77 bits per heavy atom. The first-order valence-electron chi connectivity index (χ1n) is 12.8. The molecule has 0 fully saturated rings. The fourth-order valence-electron chi connectivity index (χ4n) is 4.41. The quantitative estimate of drug-likeness (QED) is 0.458. The van der Waals surface area contributed by atoms with Gasteiger partial charge in [-0.05, 0) is 82.9 Å². The van der Waals surface area contributed by atoms with E-state index >= 15 is 0 Å². The molecule has 2 unspecified atom stereocenters. The topological polar surface area (TPSA) is 97.0 Å². The van der Waals surface area contributed by atoms with Gasteiger partial charge in [-0.3, -0.25) is 9.59 Å². The number of aryl methyl sites for hydroxylation is 1. The van der Waals surface area contributed by atoms with E-state index in [1.165, 1.54) is 41.3 Å². The molecule has 0 aliphatic carbocycles. The van der Waals surface area contributed by atoms with Crippen molar-refractivity contribution in [2.45, 2.75) is 84.0 Å². The van der Waals surface area contributed by atoms with E-state index in [4.69, 9.17) is 4.74 Å². The maximum absolute atomic E-state index is 13.9. The van der Waals surface area contributed by atoms with Gasteiger partial charge in [0, 0.05) is 18.2 Å². The third kappa shape index (κ3) is 8.33.